The zero-order valence-corrected chi connectivity index (χ0v) is 11.5. The number of aliphatic hydroxyl groups excluding tert-OH is 1. The molecule has 0 saturated carbocycles. The van der Waals surface area contributed by atoms with Crippen LogP contribution in [0.4, 0.5) is 0 Å². The number of aliphatic hydroxyl groups is 1. The predicted molar refractivity (Wildman–Crippen MR) is 71.2 cm³/mol. The Morgan fingerprint density at radius 2 is 2.17 bits per heavy atom. The quantitative estimate of drug-likeness (QED) is 0.862. The summed E-state index contributed by atoms with van der Waals surface area (Å²) in [6, 6.07) is 4.74. The molecule has 0 saturated heterocycles. The van der Waals surface area contributed by atoms with Crippen LogP contribution < -0.4 is 10.1 Å². The average molecular weight is 272 g/mol. The van der Waals surface area contributed by atoms with Crippen LogP contribution in [0.1, 0.15) is 24.2 Å². The van der Waals surface area contributed by atoms with Crippen LogP contribution in [0.3, 0.4) is 0 Å². The van der Waals surface area contributed by atoms with Gasteiger partial charge in [0.2, 0.25) is 0 Å². The summed E-state index contributed by atoms with van der Waals surface area (Å²) in [5.41, 5.74) is 0.480. The molecule has 1 amide bonds. The first-order valence-electron chi connectivity index (χ1n) is 5.74. The molecule has 1 aromatic rings. The first-order valence-corrected chi connectivity index (χ1v) is 6.12. The van der Waals surface area contributed by atoms with Crippen molar-refractivity contribution in [3.63, 3.8) is 0 Å². The van der Waals surface area contributed by atoms with Gasteiger partial charge < -0.3 is 15.2 Å². The van der Waals surface area contributed by atoms with Gasteiger partial charge in [-0.25, -0.2) is 0 Å². The summed E-state index contributed by atoms with van der Waals surface area (Å²) in [5, 5.41) is 12.3. The van der Waals surface area contributed by atoms with Crippen molar-refractivity contribution in [1.82, 2.24) is 5.32 Å². The summed E-state index contributed by atoms with van der Waals surface area (Å²) in [4.78, 5) is 12.0. The standard InChI is InChI=1S/C13H18ClNO3/c1-8(7-16)9(2)15-13(17)10-4-5-11(14)12(6-10)18-3/h4-6,8-9,16H,7H2,1-3H3,(H,15,17). The number of nitrogens with one attached hydrogen (secondary N) is 1. The van der Waals surface area contributed by atoms with E-state index in [1.165, 1.54) is 7.11 Å². The molecule has 0 aliphatic rings. The lowest BCUT2D eigenvalue weighted by atomic mass is 10.0. The minimum Gasteiger partial charge on any atom is -0.495 e. The van der Waals surface area contributed by atoms with Crippen molar-refractivity contribution >= 4 is 17.5 Å². The number of hydrogen-bond donors (Lipinski definition) is 2. The Bertz CT molecular complexity index is 423. The number of hydrogen-bond acceptors (Lipinski definition) is 3. The van der Waals surface area contributed by atoms with Gasteiger partial charge in [0, 0.05) is 18.2 Å². The van der Waals surface area contributed by atoms with Crippen LogP contribution in [0.5, 0.6) is 5.75 Å². The van der Waals surface area contributed by atoms with E-state index in [9.17, 15) is 4.79 Å². The van der Waals surface area contributed by atoms with E-state index >= 15 is 0 Å². The van der Waals surface area contributed by atoms with Crippen LogP contribution >= 0.6 is 11.6 Å². The van der Waals surface area contributed by atoms with E-state index in [0.29, 0.717) is 16.3 Å². The lowest BCUT2D eigenvalue weighted by Crippen LogP contribution is -2.38. The van der Waals surface area contributed by atoms with Crippen molar-refractivity contribution in [2.45, 2.75) is 19.9 Å². The fourth-order valence-electron chi connectivity index (χ4n) is 1.39. The van der Waals surface area contributed by atoms with Gasteiger partial charge in [0.05, 0.1) is 12.1 Å². The van der Waals surface area contributed by atoms with Gasteiger partial charge in [-0.05, 0) is 31.0 Å². The number of carbonyl (C=O) groups is 1. The van der Waals surface area contributed by atoms with Crippen LogP contribution in [-0.2, 0) is 0 Å². The predicted octanol–water partition coefficient (Wildman–Crippen LogP) is 2.10. The monoisotopic (exact) mass is 271 g/mol. The molecule has 2 unspecified atom stereocenters. The SMILES string of the molecule is COc1cc(C(=O)NC(C)C(C)CO)ccc1Cl. The summed E-state index contributed by atoms with van der Waals surface area (Å²) >= 11 is 5.89. The van der Waals surface area contributed by atoms with E-state index < -0.39 is 0 Å². The minimum atomic E-state index is -0.210. The Morgan fingerprint density at radius 1 is 1.50 bits per heavy atom. The summed E-state index contributed by atoms with van der Waals surface area (Å²) in [5.74, 6) is 0.257. The topological polar surface area (TPSA) is 58.6 Å². The smallest absolute Gasteiger partial charge is 0.251 e. The summed E-state index contributed by atoms with van der Waals surface area (Å²) in [7, 11) is 1.50. The van der Waals surface area contributed by atoms with Crippen molar-refractivity contribution in [2.75, 3.05) is 13.7 Å². The highest BCUT2D eigenvalue weighted by molar-refractivity contribution is 6.32. The van der Waals surface area contributed by atoms with Crippen LogP contribution in [0, 0.1) is 5.92 Å². The van der Waals surface area contributed by atoms with Crippen molar-refractivity contribution in [3.05, 3.63) is 28.8 Å². The minimum absolute atomic E-state index is 0.00291. The number of methoxy groups -OCH3 is 1. The number of amides is 1. The Labute approximate surface area is 112 Å². The van der Waals surface area contributed by atoms with Gasteiger partial charge in [-0.3, -0.25) is 4.79 Å². The second-order valence-corrected chi connectivity index (χ2v) is 4.68. The van der Waals surface area contributed by atoms with Gasteiger partial charge in [0.1, 0.15) is 5.75 Å². The molecule has 18 heavy (non-hydrogen) atoms. The maximum atomic E-state index is 12.0. The number of carbonyl (C=O) groups excluding carboxylic acids is 1. The molecule has 4 nitrogen and oxygen atoms in total. The van der Waals surface area contributed by atoms with E-state index in [0.717, 1.165) is 0 Å². The van der Waals surface area contributed by atoms with Gasteiger partial charge in [0.15, 0.2) is 0 Å². The molecular weight excluding hydrogens is 254 g/mol. The fraction of sp³-hybridized carbons (Fsp3) is 0.462. The molecule has 2 N–H and O–H groups in total. The molecule has 1 aromatic carbocycles. The fourth-order valence-corrected chi connectivity index (χ4v) is 1.59. The average Bonchev–Trinajstić information content (AvgIpc) is 2.37. The summed E-state index contributed by atoms with van der Waals surface area (Å²) in [6.45, 7) is 3.75. The molecule has 0 aromatic heterocycles. The third-order valence-electron chi connectivity index (χ3n) is 2.91. The van der Waals surface area contributed by atoms with E-state index in [1.54, 1.807) is 18.2 Å². The zero-order chi connectivity index (χ0) is 13.7. The lowest BCUT2D eigenvalue weighted by molar-refractivity contribution is 0.0916. The Kier molecular flexibility index (Phi) is 5.44. The molecule has 0 heterocycles. The highest BCUT2D eigenvalue weighted by Crippen LogP contribution is 2.25. The lowest BCUT2D eigenvalue weighted by Gasteiger charge is -2.19. The molecule has 2 atom stereocenters. The third-order valence-corrected chi connectivity index (χ3v) is 3.23. The Balaban J connectivity index is 2.78. The first-order chi connectivity index (χ1) is 8.49. The van der Waals surface area contributed by atoms with Crippen LogP contribution in [0.2, 0.25) is 5.02 Å². The molecule has 0 fully saturated rings. The summed E-state index contributed by atoms with van der Waals surface area (Å²) < 4.78 is 5.06. The maximum absolute atomic E-state index is 12.0. The van der Waals surface area contributed by atoms with Crippen LogP contribution in [0.25, 0.3) is 0 Å². The van der Waals surface area contributed by atoms with Gasteiger partial charge in [-0.15, -0.1) is 0 Å². The molecule has 0 spiro atoms. The normalized spacial score (nSPS) is 13.8. The van der Waals surface area contributed by atoms with Crippen molar-refractivity contribution < 1.29 is 14.6 Å². The number of halogens is 1. The van der Waals surface area contributed by atoms with E-state index in [-0.39, 0.29) is 24.5 Å². The molecule has 0 aliphatic heterocycles. The van der Waals surface area contributed by atoms with Crippen molar-refractivity contribution in [3.8, 4) is 5.75 Å². The molecule has 1 rings (SSSR count). The second kappa shape index (κ2) is 6.61. The molecule has 100 valence electrons. The molecule has 0 radical (unpaired) electrons. The van der Waals surface area contributed by atoms with Crippen LogP contribution in [0.15, 0.2) is 18.2 Å². The van der Waals surface area contributed by atoms with E-state index in [1.807, 2.05) is 13.8 Å². The molecular formula is C13H18ClNO3. The largest absolute Gasteiger partial charge is 0.495 e. The van der Waals surface area contributed by atoms with Gasteiger partial charge >= 0.3 is 0 Å². The van der Waals surface area contributed by atoms with Crippen molar-refractivity contribution in [1.29, 1.82) is 0 Å². The number of rotatable bonds is 5. The third kappa shape index (κ3) is 3.62. The summed E-state index contributed by atoms with van der Waals surface area (Å²) in [6.07, 6.45) is 0. The highest BCUT2D eigenvalue weighted by atomic mass is 35.5. The van der Waals surface area contributed by atoms with Gasteiger partial charge in [-0.1, -0.05) is 18.5 Å². The molecule has 0 bridgehead atoms. The van der Waals surface area contributed by atoms with E-state index in [2.05, 4.69) is 5.32 Å². The van der Waals surface area contributed by atoms with Gasteiger partial charge in [-0.2, -0.15) is 0 Å². The Morgan fingerprint density at radius 3 is 2.72 bits per heavy atom. The second-order valence-electron chi connectivity index (χ2n) is 4.27. The number of ether oxygens (including phenoxy) is 1. The van der Waals surface area contributed by atoms with Gasteiger partial charge in [0.25, 0.3) is 5.91 Å². The maximum Gasteiger partial charge on any atom is 0.251 e. The highest BCUT2D eigenvalue weighted by Gasteiger charge is 2.16. The first kappa shape index (κ1) is 14.8. The molecule has 5 heteroatoms. The molecule has 0 aliphatic carbocycles. The Hall–Kier alpha value is -1.26. The van der Waals surface area contributed by atoms with Crippen molar-refractivity contribution in [2.24, 2.45) is 5.92 Å². The zero-order valence-electron chi connectivity index (χ0n) is 10.7. The number of benzene rings is 1. The van der Waals surface area contributed by atoms with E-state index in [4.69, 9.17) is 21.4 Å². The van der Waals surface area contributed by atoms with Crippen LogP contribution in [-0.4, -0.2) is 30.8 Å².